The predicted octanol–water partition coefficient (Wildman–Crippen LogP) is 3.62. The summed E-state index contributed by atoms with van der Waals surface area (Å²) in [6.07, 6.45) is 1.43. The van der Waals surface area contributed by atoms with E-state index in [1.165, 1.54) is 5.69 Å². The van der Waals surface area contributed by atoms with Gasteiger partial charge in [0.25, 0.3) is 0 Å². The number of amides is 2. The van der Waals surface area contributed by atoms with Crippen LogP contribution in [0, 0.1) is 0 Å². The molecule has 0 aromatic heterocycles. The molecule has 6 nitrogen and oxygen atoms in total. The maximum atomic E-state index is 12.9. The Hall–Kier alpha value is -2.73. The summed E-state index contributed by atoms with van der Waals surface area (Å²) >= 11 is 6.43. The monoisotopic (exact) mass is 426 g/mol. The maximum absolute atomic E-state index is 12.9. The molecule has 2 aromatic carbocycles. The van der Waals surface area contributed by atoms with Gasteiger partial charge < -0.3 is 20.0 Å². The van der Waals surface area contributed by atoms with E-state index < -0.39 is 0 Å². The van der Waals surface area contributed by atoms with Gasteiger partial charge in [0, 0.05) is 50.5 Å². The van der Waals surface area contributed by atoms with Crippen molar-refractivity contribution >= 4 is 40.5 Å². The van der Waals surface area contributed by atoms with Gasteiger partial charge in [-0.2, -0.15) is 0 Å². The van der Waals surface area contributed by atoms with E-state index in [1.807, 2.05) is 42.2 Å². The van der Waals surface area contributed by atoms with Crippen molar-refractivity contribution in [2.24, 2.45) is 0 Å². The fourth-order valence-electron chi connectivity index (χ4n) is 4.13. The summed E-state index contributed by atoms with van der Waals surface area (Å²) in [5, 5.41) is 3.78. The van der Waals surface area contributed by atoms with Crippen LogP contribution in [0.5, 0.6) is 0 Å². The van der Waals surface area contributed by atoms with Crippen LogP contribution in [0.4, 0.5) is 17.1 Å². The van der Waals surface area contributed by atoms with Gasteiger partial charge in [-0.25, -0.2) is 0 Å². The number of halogens is 1. The smallest absolute Gasteiger partial charge is 0.244 e. The maximum Gasteiger partial charge on any atom is 0.244 e. The van der Waals surface area contributed by atoms with Gasteiger partial charge in [-0.3, -0.25) is 9.59 Å². The third-order valence-corrected chi connectivity index (χ3v) is 6.08. The number of anilines is 3. The van der Waals surface area contributed by atoms with E-state index in [1.54, 1.807) is 11.0 Å². The van der Waals surface area contributed by atoms with Crippen LogP contribution in [0.3, 0.4) is 0 Å². The molecule has 2 saturated heterocycles. The molecule has 2 aliphatic rings. The number of benzene rings is 2. The predicted molar refractivity (Wildman–Crippen MR) is 121 cm³/mol. The minimum absolute atomic E-state index is 0.0811. The van der Waals surface area contributed by atoms with Crippen LogP contribution in [0.15, 0.2) is 48.5 Å². The third-order valence-electron chi connectivity index (χ3n) is 5.78. The van der Waals surface area contributed by atoms with Crippen molar-refractivity contribution in [3.63, 3.8) is 0 Å². The summed E-state index contributed by atoms with van der Waals surface area (Å²) in [6.45, 7) is 5.64. The molecule has 0 aliphatic carbocycles. The highest BCUT2D eigenvalue weighted by molar-refractivity contribution is 6.34. The quantitative estimate of drug-likeness (QED) is 0.793. The summed E-state index contributed by atoms with van der Waals surface area (Å²) in [7, 11) is 0. The molecule has 1 atom stereocenters. The molecule has 158 valence electrons. The van der Waals surface area contributed by atoms with E-state index in [0.717, 1.165) is 30.9 Å². The standard InChI is InChI=1S/C23H27ClN4O2/c1-17(23(30)27-14-12-26(13-15-27)19-6-3-2-4-7-19)25-18-9-10-21(20(24)16-18)28-11-5-8-22(28)29/h2-4,6-7,9-10,16-17,25H,5,8,11-15H2,1H3/t17-/m0/s1. The van der Waals surface area contributed by atoms with Crippen LogP contribution in [-0.4, -0.2) is 55.5 Å². The lowest BCUT2D eigenvalue weighted by molar-refractivity contribution is -0.132. The molecular weight excluding hydrogens is 400 g/mol. The van der Waals surface area contributed by atoms with E-state index >= 15 is 0 Å². The van der Waals surface area contributed by atoms with Crippen molar-refractivity contribution in [2.75, 3.05) is 47.8 Å². The highest BCUT2D eigenvalue weighted by Gasteiger charge is 2.26. The Balaban J connectivity index is 1.34. The Labute approximate surface area is 182 Å². The lowest BCUT2D eigenvalue weighted by Gasteiger charge is -2.37. The van der Waals surface area contributed by atoms with Crippen LogP contribution in [0.2, 0.25) is 5.02 Å². The molecule has 30 heavy (non-hydrogen) atoms. The van der Waals surface area contributed by atoms with E-state index in [4.69, 9.17) is 11.6 Å². The summed E-state index contributed by atoms with van der Waals surface area (Å²) < 4.78 is 0. The number of hydrogen-bond donors (Lipinski definition) is 1. The van der Waals surface area contributed by atoms with Crippen molar-refractivity contribution in [3.05, 3.63) is 53.6 Å². The summed E-state index contributed by atoms with van der Waals surface area (Å²) in [4.78, 5) is 30.8. The topological polar surface area (TPSA) is 55.9 Å². The number of carbonyl (C=O) groups excluding carboxylic acids is 2. The van der Waals surface area contributed by atoms with Crippen molar-refractivity contribution in [3.8, 4) is 0 Å². The molecule has 4 rings (SSSR count). The minimum Gasteiger partial charge on any atom is -0.374 e. The summed E-state index contributed by atoms with van der Waals surface area (Å²) in [5.74, 6) is 0.188. The highest BCUT2D eigenvalue weighted by atomic mass is 35.5. The van der Waals surface area contributed by atoms with Gasteiger partial charge in [-0.05, 0) is 43.7 Å². The van der Waals surface area contributed by atoms with Gasteiger partial charge in [0.1, 0.15) is 6.04 Å². The van der Waals surface area contributed by atoms with E-state index in [9.17, 15) is 9.59 Å². The van der Waals surface area contributed by atoms with Gasteiger partial charge in [0.05, 0.1) is 10.7 Å². The molecule has 0 radical (unpaired) electrons. The molecule has 1 N–H and O–H groups in total. The van der Waals surface area contributed by atoms with Crippen molar-refractivity contribution in [1.82, 2.24) is 4.90 Å². The van der Waals surface area contributed by atoms with Crippen molar-refractivity contribution in [1.29, 1.82) is 0 Å². The van der Waals surface area contributed by atoms with Gasteiger partial charge in [0.15, 0.2) is 0 Å². The average Bonchev–Trinajstić information content (AvgIpc) is 3.19. The van der Waals surface area contributed by atoms with Gasteiger partial charge in [-0.1, -0.05) is 29.8 Å². The van der Waals surface area contributed by atoms with Crippen LogP contribution in [0.1, 0.15) is 19.8 Å². The van der Waals surface area contributed by atoms with Crippen LogP contribution < -0.4 is 15.1 Å². The number of nitrogens with one attached hydrogen (secondary N) is 1. The Morgan fingerprint density at radius 1 is 1.03 bits per heavy atom. The molecule has 2 amide bonds. The summed E-state index contributed by atoms with van der Waals surface area (Å²) in [6, 6.07) is 15.5. The van der Waals surface area contributed by atoms with E-state index in [-0.39, 0.29) is 17.9 Å². The number of nitrogens with zero attached hydrogens (tertiary/aromatic N) is 3. The zero-order valence-corrected chi connectivity index (χ0v) is 17.9. The van der Waals surface area contributed by atoms with E-state index in [0.29, 0.717) is 31.1 Å². The fraction of sp³-hybridized carbons (Fsp3) is 0.391. The lowest BCUT2D eigenvalue weighted by Crippen LogP contribution is -2.52. The Kier molecular flexibility index (Phi) is 6.13. The first-order chi connectivity index (χ1) is 14.5. The Morgan fingerprint density at radius 2 is 1.77 bits per heavy atom. The molecule has 2 aromatic rings. The molecular formula is C23H27ClN4O2. The fourth-order valence-corrected chi connectivity index (χ4v) is 4.41. The SMILES string of the molecule is C[C@H](Nc1ccc(N2CCCC2=O)c(Cl)c1)C(=O)N1CCN(c2ccccc2)CC1. The zero-order valence-electron chi connectivity index (χ0n) is 17.2. The highest BCUT2D eigenvalue weighted by Crippen LogP contribution is 2.32. The Morgan fingerprint density at radius 3 is 2.40 bits per heavy atom. The van der Waals surface area contributed by atoms with Crippen LogP contribution in [-0.2, 0) is 9.59 Å². The largest absolute Gasteiger partial charge is 0.374 e. The van der Waals surface area contributed by atoms with E-state index in [2.05, 4.69) is 22.3 Å². The summed E-state index contributed by atoms with van der Waals surface area (Å²) in [5.41, 5.74) is 2.71. The number of carbonyl (C=O) groups is 2. The average molecular weight is 427 g/mol. The normalized spacial score (nSPS) is 17.9. The number of hydrogen-bond acceptors (Lipinski definition) is 4. The third kappa shape index (κ3) is 4.38. The molecule has 2 fully saturated rings. The van der Waals surface area contributed by atoms with Crippen molar-refractivity contribution < 1.29 is 9.59 Å². The number of rotatable bonds is 5. The van der Waals surface area contributed by atoms with Gasteiger partial charge in [-0.15, -0.1) is 0 Å². The minimum atomic E-state index is -0.358. The lowest BCUT2D eigenvalue weighted by atomic mass is 10.2. The molecule has 2 heterocycles. The zero-order chi connectivity index (χ0) is 21.1. The molecule has 0 unspecified atom stereocenters. The second-order valence-electron chi connectivity index (χ2n) is 7.83. The first-order valence-corrected chi connectivity index (χ1v) is 10.9. The first kappa shape index (κ1) is 20.5. The molecule has 2 aliphatic heterocycles. The first-order valence-electron chi connectivity index (χ1n) is 10.5. The molecule has 0 bridgehead atoms. The number of piperazine rings is 1. The van der Waals surface area contributed by atoms with Crippen LogP contribution >= 0.6 is 11.6 Å². The molecule has 7 heteroatoms. The Bertz CT molecular complexity index is 913. The van der Waals surface area contributed by atoms with Gasteiger partial charge in [0.2, 0.25) is 11.8 Å². The van der Waals surface area contributed by atoms with Crippen molar-refractivity contribution in [2.45, 2.75) is 25.8 Å². The molecule has 0 saturated carbocycles. The number of para-hydroxylation sites is 1. The molecule has 0 spiro atoms. The second kappa shape index (κ2) is 8.96. The van der Waals surface area contributed by atoms with Gasteiger partial charge >= 0.3 is 0 Å². The van der Waals surface area contributed by atoms with Crippen LogP contribution in [0.25, 0.3) is 0 Å². The second-order valence-corrected chi connectivity index (χ2v) is 8.24.